The predicted molar refractivity (Wildman–Crippen MR) is 84.8 cm³/mol. The molecule has 0 aromatic carbocycles. The van der Waals surface area contributed by atoms with Crippen molar-refractivity contribution in [2.45, 2.75) is 84.1 Å². The van der Waals surface area contributed by atoms with E-state index in [2.05, 4.69) is 31.0 Å². The Balaban J connectivity index is 1.91. The number of H-pyrrole nitrogens is 1. The molecule has 1 saturated carbocycles. The number of carbonyl (C=O) groups excluding carboxylic acids is 1. The largest absolute Gasteiger partial charge is 0.369 e. The van der Waals surface area contributed by atoms with Crippen LogP contribution in [-0.2, 0) is 11.2 Å². The molecule has 5 heteroatoms. The molecule has 0 spiro atoms. The summed E-state index contributed by atoms with van der Waals surface area (Å²) in [7, 11) is 0. The summed E-state index contributed by atoms with van der Waals surface area (Å²) in [5.41, 5.74) is 2.63. The maximum atomic E-state index is 13.1. The highest BCUT2D eigenvalue weighted by atomic mass is 16.5. The van der Waals surface area contributed by atoms with E-state index in [9.17, 15) is 4.79 Å². The summed E-state index contributed by atoms with van der Waals surface area (Å²) in [5.74, 6) is 0.0840. The topological polar surface area (TPSA) is 58.2 Å². The smallest absolute Gasteiger partial charge is 0.275 e. The Hall–Kier alpha value is -1.36. The molecule has 1 aliphatic heterocycles. The summed E-state index contributed by atoms with van der Waals surface area (Å²) in [6.45, 7) is 8.27. The van der Waals surface area contributed by atoms with Crippen LogP contribution in [0.1, 0.15) is 81.2 Å². The Kier molecular flexibility index (Phi) is 4.26. The molecule has 1 amide bonds. The van der Waals surface area contributed by atoms with Gasteiger partial charge in [0.05, 0.1) is 17.9 Å². The van der Waals surface area contributed by atoms with Crippen molar-refractivity contribution in [1.82, 2.24) is 15.1 Å². The minimum Gasteiger partial charge on any atom is -0.369 e. The van der Waals surface area contributed by atoms with E-state index >= 15 is 0 Å². The van der Waals surface area contributed by atoms with E-state index in [-0.39, 0.29) is 24.2 Å². The van der Waals surface area contributed by atoms with E-state index in [1.165, 1.54) is 12.8 Å². The van der Waals surface area contributed by atoms with Crippen molar-refractivity contribution < 1.29 is 9.53 Å². The minimum atomic E-state index is -0.0215. The molecule has 1 fully saturated rings. The van der Waals surface area contributed by atoms with Crippen LogP contribution < -0.4 is 0 Å². The molecule has 1 aliphatic carbocycles. The number of aromatic nitrogens is 2. The molecular weight excluding hydrogens is 278 g/mol. The zero-order chi connectivity index (χ0) is 15.9. The third-order valence-corrected chi connectivity index (χ3v) is 4.95. The number of fused-ring (bicyclic) bond motifs is 1. The third kappa shape index (κ3) is 2.67. The van der Waals surface area contributed by atoms with Crippen LogP contribution in [0.5, 0.6) is 0 Å². The average molecular weight is 305 g/mol. The fourth-order valence-electron chi connectivity index (χ4n) is 3.98. The second-order valence-electron chi connectivity index (χ2n) is 7.00. The minimum absolute atomic E-state index is 0.0215. The lowest BCUT2D eigenvalue weighted by Crippen LogP contribution is -2.44. The number of hydrogen-bond donors (Lipinski definition) is 1. The molecule has 0 bridgehead atoms. The van der Waals surface area contributed by atoms with Gasteiger partial charge < -0.3 is 9.64 Å². The molecule has 1 aromatic rings. The molecule has 2 atom stereocenters. The van der Waals surface area contributed by atoms with Gasteiger partial charge in [0.25, 0.3) is 5.91 Å². The Labute approximate surface area is 132 Å². The lowest BCUT2D eigenvalue weighted by atomic mass is 9.98. The van der Waals surface area contributed by atoms with Gasteiger partial charge in [-0.1, -0.05) is 12.8 Å². The van der Waals surface area contributed by atoms with E-state index < -0.39 is 0 Å². The number of hydrogen-bond acceptors (Lipinski definition) is 3. The maximum Gasteiger partial charge on any atom is 0.275 e. The number of aromatic amines is 1. The van der Waals surface area contributed by atoms with Crippen molar-refractivity contribution in [3.63, 3.8) is 0 Å². The summed E-state index contributed by atoms with van der Waals surface area (Å²) in [6.07, 6.45) is 5.55. The van der Waals surface area contributed by atoms with Gasteiger partial charge in [0.2, 0.25) is 0 Å². The van der Waals surface area contributed by atoms with Gasteiger partial charge in [-0.2, -0.15) is 5.10 Å². The summed E-state index contributed by atoms with van der Waals surface area (Å²) < 4.78 is 5.82. The molecule has 5 nitrogen and oxygen atoms in total. The Morgan fingerprint density at radius 3 is 2.64 bits per heavy atom. The van der Waals surface area contributed by atoms with Crippen LogP contribution >= 0.6 is 0 Å². The lowest BCUT2D eigenvalue weighted by molar-refractivity contribution is -0.00705. The molecule has 22 heavy (non-hydrogen) atoms. The highest BCUT2D eigenvalue weighted by Gasteiger charge is 2.35. The first-order valence-corrected chi connectivity index (χ1v) is 8.54. The molecule has 2 heterocycles. The van der Waals surface area contributed by atoms with Gasteiger partial charge in [-0.25, -0.2) is 0 Å². The van der Waals surface area contributed by atoms with Crippen molar-refractivity contribution >= 4 is 5.91 Å². The van der Waals surface area contributed by atoms with E-state index in [1.807, 2.05) is 11.8 Å². The van der Waals surface area contributed by atoms with E-state index in [4.69, 9.17) is 4.74 Å². The number of nitrogens with zero attached hydrogens (tertiary/aromatic N) is 2. The molecule has 2 aliphatic rings. The van der Waals surface area contributed by atoms with E-state index in [0.29, 0.717) is 11.7 Å². The van der Waals surface area contributed by atoms with Crippen LogP contribution in [0.3, 0.4) is 0 Å². The van der Waals surface area contributed by atoms with Crippen LogP contribution in [0.2, 0.25) is 0 Å². The first-order chi connectivity index (χ1) is 10.5. The summed E-state index contributed by atoms with van der Waals surface area (Å²) in [5, 5.41) is 7.40. The zero-order valence-corrected chi connectivity index (χ0v) is 14.1. The molecular formula is C17H27N3O2. The third-order valence-electron chi connectivity index (χ3n) is 4.95. The SMILES string of the molecule is CC(C)N(C(=O)c1n[nH]c2c1C[C@H](C)O[C@@H]2C)C1CCCC1. The number of rotatable bonds is 3. The second kappa shape index (κ2) is 6.03. The number of amides is 1. The fraction of sp³-hybridized carbons (Fsp3) is 0.765. The molecule has 1 aromatic heterocycles. The first kappa shape index (κ1) is 15.5. The monoisotopic (exact) mass is 305 g/mol. The van der Waals surface area contributed by atoms with Gasteiger partial charge >= 0.3 is 0 Å². The van der Waals surface area contributed by atoms with Crippen LogP contribution in [0.25, 0.3) is 0 Å². The van der Waals surface area contributed by atoms with E-state index in [0.717, 1.165) is 30.5 Å². The average Bonchev–Trinajstić information content (AvgIpc) is 3.07. The Morgan fingerprint density at radius 1 is 1.32 bits per heavy atom. The van der Waals surface area contributed by atoms with Crippen molar-refractivity contribution in [2.75, 3.05) is 0 Å². The van der Waals surface area contributed by atoms with Crippen LogP contribution in [0, 0.1) is 0 Å². The van der Waals surface area contributed by atoms with Gasteiger partial charge in [0, 0.05) is 24.1 Å². The fourth-order valence-corrected chi connectivity index (χ4v) is 3.98. The highest BCUT2D eigenvalue weighted by molar-refractivity contribution is 5.94. The maximum absolute atomic E-state index is 13.1. The molecule has 1 N–H and O–H groups in total. The van der Waals surface area contributed by atoms with Crippen molar-refractivity contribution in [3.05, 3.63) is 17.0 Å². The quantitative estimate of drug-likeness (QED) is 0.932. The van der Waals surface area contributed by atoms with Crippen LogP contribution in [-0.4, -0.2) is 39.2 Å². The van der Waals surface area contributed by atoms with Gasteiger partial charge in [-0.3, -0.25) is 9.89 Å². The molecule has 0 unspecified atom stereocenters. The number of nitrogens with one attached hydrogen (secondary N) is 1. The first-order valence-electron chi connectivity index (χ1n) is 8.54. The van der Waals surface area contributed by atoms with Gasteiger partial charge in [0.15, 0.2) is 5.69 Å². The Bertz CT molecular complexity index is 546. The normalized spacial score (nSPS) is 25.5. The predicted octanol–water partition coefficient (Wildman–Crippen LogP) is 3.23. The number of ether oxygens (including phenoxy) is 1. The van der Waals surface area contributed by atoms with Gasteiger partial charge in [0.1, 0.15) is 0 Å². The Morgan fingerprint density at radius 2 is 2.00 bits per heavy atom. The number of carbonyl (C=O) groups is 1. The van der Waals surface area contributed by atoms with Crippen molar-refractivity contribution in [2.24, 2.45) is 0 Å². The lowest BCUT2D eigenvalue weighted by Gasteiger charge is -2.33. The van der Waals surface area contributed by atoms with Crippen LogP contribution in [0.4, 0.5) is 0 Å². The van der Waals surface area contributed by atoms with Crippen LogP contribution in [0.15, 0.2) is 0 Å². The molecule has 0 saturated heterocycles. The molecule has 0 radical (unpaired) electrons. The zero-order valence-electron chi connectivity index (χ0n) is 14.1. The van der Waals surface area contributed by atoms with Crippen molar-refractivity contribution in [1.29, 1.82) is 0 Å². The molecule has 122 valence electrons. The summed E-state index contributed by atoms with van der Waals surface area (Å²) in [6, 6.07) is 0.576. The summed E-state index contributed by atoms with van der Waals surface area (Å²) >= 11 is 0. The molecule has 3 rings (SSSR count). The highest BCUT2D eigenvalue weighted by Crippen LogP contribution is 2.32. The summed E-state index contributed by atoms with van der Waals surface area (Å²) in [4.78, 5) is 15.2. The van der Waals surface area contributed by atoms with Gasteiger partial charge in [-0.05, 0) is 40.5 Å². The van der Waals surface area contributed by atoms with E-state index in [1.54, 1.807) is 0 Å². The standard InChI is InChI=1S/C17H27N3O2/c1-10(2)20(13-7-5-6-8-13)17(21)16-14-9-11(3)22-12(4)15(14)18-19-16/h10-13H,5-9H2,1-4H3,(H,18,19)/t11-,12+/m0/s1. The van der Waals surface area contributed by atoms with Crippen molar-refractivity contribution in [3.8, 4) is 0 Å². The second-order valence-corrected chi connectivity index (χ2v) is 7.00. The van der Waals surface area contributed by atoms with Gasteiger partial charge in [-0.15, -0.1) is 0 Å².